The molecule has 0 aromatic heterocycles. The van der Waals surface area contributed by atoms with Gasteiger partial charge in [0.1, 0.15) is 0 Å². The van der Waals surface area contributed by atoms with E-state index in [2.05, 4.69) is 4.72 Å². The number of hydrogen-bond donors (Lipinski definition) is 1. The molecule has 1 amide bonds. The molecule has 2 aromatic carbocycles. The predicted molar refractivity (Wildman–Crippen MR) is 114 cm³/mol. The van der Waals surface area contributed by atoms with E-state index in [1.54, 1.807) is 36.3 Å². The topological polar surface area (TPSA) is 84.9 Å². The molecular formula is C22H28N2O5S. The Bertz CT molecular complexity index is 998. The number of likely N-dealkylation sites (tertiary alicyclic amines) is 1. The van der Waals surface area contributed by atoms with Gasteiger partial charge in [-0.2, -0.15) is 0 Å². The Labute approximate surface area is 178 Å². The minimum Gasteiger partial charge on any atom is -0.493 e. The van der Waals surface area contributed by atoms with Crippen LogP contribution in [0.5, 0.6) is 11.5 Å². The summed E-state index contributed by atoms with van der Waals surface area (Å²) in [5.41, 5.74) is 1.99. The van der Waals surface area contributed by atoms with E-state index < -0.39 is 10.0 Å². The van der Waals surface area contributed by atoms with Gasteiger partial charge in [-0.1, -0.05) is 18.2 Å². The van der Waals surface area contributed by atoms with Gasteiger partial charge in [-0.3, -0.25) is 4.79 Å². The summed E-state index contributed by atoms with van der Waals surface area (Å²) in [6.07, 6.45) is 1.12. The highest BCUT2D eigenvalue weighted by molar-refractivity contribution is 7.89. The third-order valence-corrected chi connectivity index (χ3v) is 6.90. The third-order valence-electron chi connectivity index (χ3n) is 5.38. The van der Waals surface area contributed by atoms with E-state index in [-0.39, 0.29) is 23.5 Å². The Morgan fingerprint density at radius 1 is 1.07 bits per heavy atom. The number of para-hydroxylation sites is 2. The van der Waals surface area contributed by atoms with Crippen molar-refractivity contribution in [3.63, 3.8) is 0 Å². The first-order valence-electron chi connectivity index (χ1n) is 9.93. The van der Waals surface area contributed by atoms with Crippen molar-refractivity contribution in [1.82, 2.24) is 9.62 Å². The quantitative estimate of drug-likeness (QED) is 0.727. The number of methoxy groups -OCH3 is 1. The summed E-state index contributed by atoms with van der Waals surface area (Å²) in [6.45, 7) is 4.72. The standard InChI is InChI=1S/C22H28N2O5S/c1-16-8-9-19(14-17(16)2)30(26,27)23-18-10-12-24(13-11-18)22(25)15-29-21-7-5-4-6-20(21)28-3/h4-9,14,18,23H,10-13,15H2,1-3H3. The number of hydrogen-bond acceptors (Lipinski definition) is 5. The zero-order valence-corrected chi connectivity index (χ0v) is 18.4. The van der Waals surface area contributed by atoms with Crippen LogP contribution in [-0.4, -0.2) is 52.1 Å². The number of nitrogens with zero attached hydrogens (tertiary/aromatic N) is 1. The summed E-state index contributed by atoms with van der Waals surface area (Å²) in [7, 11) is -2.03. The van der Waals surface area contributed by atoms with Crippen molar-refractivity contribution in [2.75, 3.05) is 26.8 Å². The molecule has 0 saturated carbocycles. The highest BCUT2D eigenvalue weighted by atomic mass is 32.2. The summed E-state index contributed by atoms with van der Waals surface area (Å²) in [5.74, 6) is 0.963. The lowest BCUT2D eigenvalue weighted by Crippen LogP contribution is -2.47. The molecule has 3 rings (SSSR count). The molecule has 1 heterocycles. The first kappa shape index (κ1) is 22.1. The molecule has 0 spiro atoms. The average molecular weight is 433 g/mol. The third kappa shape index (κ3) is 5.31. The number of aryl methyl sites for hydroxylation is 2. The van der Waals surface area contributed by atoms with Gasteiger partial charge in [-0.05, 0) is 62.1 Å². The van der Waals surface area contributed by atoms with Gasteiger partial charge in [0.2, 0.25) is 10.0 Å². The van der Waals surface area contributed by atoms with Gasteiger partial charge >= 0.3 is 0 Å². The van der Waals surface area contributed by atoms with Gasteiger partial charge in [0.15, 0.2) is 18.1 Å². The highest BCUT2D eigenvalue weighted by Crippen LogP contribution is 2.26. The van der Waals surface area contributed by atoms with Gasteiger partial charge in [-0.15, -0.1) is 0 Å². The maximum atomic E-state index is 12.7. The maximum Gasteiger partial charge on any atom is 0.260 e. The fourth-order valence-electron chi connectivity index (χ4n) is 3.38. The molecule has 0 aliphatic carbocycles. The van der Waals surface area contributed by atoms with Crippen molar-refractivity contribution >= 4 is 15.9 Å². The first-order valence-corrected chi connectivity index (χ1v) is 11.4. The summed E-state index contributed by atoms with van der Waals surface area (Å²) in [5, 5.41) is 0. The Morgan fingerprint density at radius 3 is 2.37 bits per heavy atom. The number of benzene rings is 2. The van der Waals surface area contributed by atoms with E-state index in [0.717, 1.165) is 11.1 Å². The molecule has 1 saturated heterocycles. The Hall–Kier alpha value is -2.58. The van der Waals surface area contributed by atoms with Crippen LogP contribution in [-0.2, 0) is 14.8 Å². The number of rotatable bonds is 7. The molecule has 8 heteroatoms. The number of carbonyl (C=O) groups is 1. The van der Waals surface area contributed by atoms with Gasteiger partial charge in [0.05, 0.1) is 12.0 Å². The Balaban J connectivity index is 1.51. The molecule has 0 radical (unpaired) electrons. The van der Waals surface area contributed by atoms with E-state index >= 15 is 0 Å². The fraction of sp³-hybridized carbons (Fsp3) is 0.409. The predicted octanol–water partition coefficient (Wildman–Crippen LogP) is 2.66. The molecule has 1 aliphatic rings. The van der Waals surface area contributed by atoms with Crippen LogP contribution in [0.15, 0.2) is 47.4 Å². The molecule has 30 heavy (non-hydrogen) atoms. The summed E-state index contributed by atoms with van der Waals surface area (Å²) < 4.78 is 38.9. The van der Waals surface area contributed by atoms with Gasteiger partial charge in [0.25, 0.3) is 5.91 Å². The van der Waals surface area contributed by atoms with Crippen molar-refractivity contribution in [3.8, 4) is 11.5 Å². The number of sulfonamides is 1. The van der Waals surface area contributed by atoms with Gasteiger partial charge in [-0.25, -0.2) is 13.1 Å². The van der Waals surface area contributed by atoms with Crippen LogP contribution < -0.4 is 14.2 Å². The van der Waals surface area contributed by atoms with Gasteiger partial charge in [0, 0.05) is 19.1 Å². The first-order chi connectivity index (χ1) is 14.3. The minimum absolute atomic E-state index is 0.0839. The number of nitrogens with one attached hydrogen (secondary N) is 1. The van der Waals surface area contributed by atoms with Crippen LogP contribution in [0.2, 0.25) is 0 Å². The fourth-order valence-corrected chi connectivity index (χ4v) is 4.77. The van der Waals surface area contributed by atoms with Crippen LogP contribution in [0.1, 0.15) is 24.0 Å². The molecule has 7 nitrogen and oxygen atoms in total. The molecule has 1 fully saturated rings. The Kier molecular flexibility index (Phi) is 6.99. The van der Waals surface area contributed by atoms with Crippen molar-refractivity contribution in [2.24, 2.45) is 0 Å². The van der Waals surface area contributed by atoms with E-state index in [1.807, 2.05) is 32.0 Å². The summed E-state index contributed by atoms with van der Waals surface area (Å²) >= 11 is 0. The van der Waals surface area contributed by atoms with E-state index in [0.29, 0.717) is 37.4 Å². The zero-order chi connectivity index (χ0) is 21.7. The SMILES string of the molecule is COc1ccccc1OCC(=O)N1CCC(NS(=O)(=O)c2ccc(C)c(C)c2)CC1. The summed E-state index contributed by atoms with van der Waals surface area (Å²) in [6, 6.07) is 12.1. The molecule has 0 atom stereocenters. The molecule has 0 bridgehead atoms. The van der Waals surface area contributed by atoms with Crippen LogP contribution >= 0.6 is 0 Å². The van der Waals surface area contributed by atoms with Crippen LogP contribution in [0.4, 0.5) is 0 Å². The molecule has 0 unspecified atom stereocenters. The molecule has 2 aromatic rings. The zero-order valence-electron chi connectivity index (χ0n) is 17.6. The van der Waals surface area contributed by atoms with Crippen LogP contribution in [0.3, 0.4) is 0 Å². The largest absolute Gasteiger partial charge is 0.493 e. The van der Waals surface area contributed by atoms with Crippen molar-refractivity contribution in [2.45, 2.75) is 37.6 Å². The molecule has 1 aliphatic heterocycles. The second-order valence-electron chi connectivity index (χ2n) is 7.46. The van der Waals surface area contributed by atoms with Crippen LogP contribution in [0, 0.1) is 13.8 Å². The second-order valence-corrected chi connectivity index (χ2v) is 9.18. The summed E-state index contributed by atoms with van der Waals surface area (Å²) in [4.78, 5) is 14.5. The lowest BCUT2D eigenvalue weighted by Gasteiger charge is -2.32. The smallest absolute Gasteiger partial charge is 0.260 e. The molecular weight excluding hydrogens is 404 g/mol. The lowest BCUT2D eigenvalue weighted by molar-refractivity contribution is -0.134. The average Bonchev–Trinajstić information content (AvgIpc) is 2.74. The number of amides is 1. The van der Waals surface area contributed by atoms with Crippen LogP contribution in [0.25, 0.3) is 0 Å². The van der Waals surface area contributed by atoms with Crippen molar-refractivity contribution in [1.29, 1.82) is 0 Å². The molecule has 1 N–H and O–H groups in total. The van der Waals surface area contributed by atoms with E-state index in [4.69, 9.17) is 9.47 Å². The van der Waals surface area contributed by atoms with Gasteiger partial charge < -0.3 is 14.4 Å². The van der Waals surface area contributed by atoms with E-state index in [9.17, 15) is 13.2 Å². The number of carbonyl (C=O) groups excluding carboxylic acids is 1. The minimum atomic E-state index is -3.58. The number of piperidine rings is 1. The van der Waals surface area contributed by atoms with E-state index in [1.165, 1.54) is 0 Å². The monoisotopic (exact) mass is 432 g/mol. The normalized spacial score (nSPS) is 15.1. The highest BCUT2D eigenvalue weighted by Gasteiger charge is 2.27. The maximum absolute atomic E-state index is 12.7. The molecule has 162 valence electrons. The lowest BCUT2D eigenvalue weighted by atomic mass is 10.1. The van der Waals surface area contributed by atoms with Crippen molar-refractivity contribution < 1.29 is 22.7 Å². The number of ether oxygens (including phenoxy) is 2. The Morgan fingerprint density at radius 2 is 1.73 bits per heavy atom. The van der Waals surface area contributed by atoms with Crippen molar-refractivity contribution in [3.05, 3.63) is 53.6 Å². The second kappa shape index (κ2) is 9.49.